The number of aromatic nitrogens is 3. The lowest BCUT2D eigenvalue weighted by molar-refractivity contribution is 0.0988. The highest BCUT2D eigenvalue weighted by molar-refractivity contribution is 9.10. The van der Waals surface area contributed by atoms with Crippen molar-refractivity contribution in [3.8, 4) is 5.75 Å². The van der Waals surface area contributed by atoms with Gasteiger partial charge in [0.05, 0.1) is 18.8 Å². The van der Waals surface area contributed by atoms with Crippen LogP contribution in [-0.2, 0) is 6.42 Å². The van der Waals surface area contributed by atoms with Crippen LogP contribution in [0.1, 0.15) is 47.2 Å². The van der Waals surface area contributed by atoms with E-state index in [9.17, 15) is 4.79 Å². The lowest BCUT2D eigenvalue weighted by Crippen LogP contribution is -2.29. The van der Waals surface area contributed by atoms with Crippen LogP contribution in [0.25, 0.3) is 0 Å². The highest BCUT2D eigenvalue weighted by atomic mass is 79.9. The van der Waals surface area contributed by atoms with Crippen LogP contribution in [0.2, 0.25) is 0 Å². The molecule has 1 atom stereocenters. The molecule has 3 aromatic rings. The van der Waals surface area contributed by atoms with Crippen molar-refractivity contribution in [1.29, 1.82) is 0 Å². The second kappa shape index (κ2) is 7.39. The molecule has 1 amide bonds. The summed E-state index contributed by atoms with van der Waals surface area (Å²) in [6.45, 7) is 4.29. The van der Waals surface area contributed by atoms with Crippen molar-refractivity contribution in [2.75, 3.05) is 12.0 Å². The van der Waals surface area contributed by atoms with Crippen molar-refractivity contribution in [2.24, 2.45) is 5.92 Å². The summed E-state index contributed by atoms with van der Waals surface area (Å²) in [5, 5.41) is 7.44. The predicted molar refractivity (Wildman–Crippen MR) is 111 cm³/mol. The summed E-state index contributed by atoms with van der Waals surface area (Å²) in [4.78, 5) is 19.5. The van der Waals surface area contributed by atoms with Gasteiger partial charge in [0.1, 0.15) is 11.4 Å². The molecule has 1 N–H and O–H groups in total. The van der Waals surface area contributed by atoms with Crippen molar-refractivity contribution in [3.63, 3.8) is 0 Å². The molecule has 1 aliphatic heterocycles. The van der Waals surface area contributed by atoms with E-state index in [0.29, 0.717) is 17.4 Å². The standard InChI is InChI=1S/C21H21BrN4O2/c1-12(2)7-17-18-19(25-24-17)21(27)26(15-5-4-6-16(9-15)28-3)20(18)13-8-14(22)11-23-10-13/h4-6,8-12,20H,7H2,1-3H3,(H,24,25). The van der Waals surface area contributed by atoms with Crippen molar-refractivity contribution in [2.45, 2.75) is 26.3 Å². The topological polar surface area (TPSA) is 71.1 Å². The number of carbonyl (C=O) groups is 1. The molecule has 0 spiro atoms. The van der Waals surface area contributed by atoms with Crippen LogP contribution in [0.15, 0.2) is 47.2 Å². The number of hydrogen-bond donors (Lipinski definition) is 1. The lowest BCUT2D eigenvalue weighted by Gasteiger charge is -2.26. The maximum Gasteiger partial charge on any atom is 0.277 e. The molecule has 0 fully saturated rings. The first kappa shape index (κ1) is 18.7. The van der Waals surface area contributed by atoms with Gasteiger partial charge in [0.2, 0.25) is 0 Å². The van der Waals surface area contributed by atoms with E-state index >= 15 is 0 Å². The second-order valence-corrected chi connectivity index (χ2v) is 8.19. The van der Waals surface area contributed by atoms with E-state index in [1.807, 2.05) is 30.3 Å². The van der Waals surface area contributed by atoms with Gasteiger partial charge in [0.25, 0.3) is 5.91 Å². The summed E-state index contributed by atoms with van der Waals surface area (Å²) in [6.07, 6.45) is 4.33. The maximum absolute atomic E-state index is 13.3. The summed E-state index contributed by atoms with van der Waals surface area (Å²) in [5.41, 5.74) is 4.10. The van der Waals surface area contributed by atoms with Gasteiger partial charge in [-0.2, -0.15) is 5.10 Å². The minimum absolute atomic E-state index is 0.101. The van der Waals surface area contributed by atoms with Crippen LogP contribution in [0.3, 0.4) is 0 Å². The summed E-state index contributed by atoms with van der Waals surface area (Å²) in [5.74, 6) is 1.03. The van der Waals surface area contributed by atoms with E-state index in [-0.39, 0.29) is 11.9 Å². The van der Waals surface area contributed by atoms with Crippen molar-refractivity contribution < 1.29 is 9.53 Å². The number of rotatable bonds is 5. The number of aromatic amines is 1. The third kappa shape index (κ3) is 3.20. The van der Waals surface area contributed by atoms with Crippen LogP contribution in [0.4, 0.5) is 5.69 Å². The van der Waals surface area contributed by atoms with E-state index in [2.05, 4.69) is 45.0 Å². The van der Waals surface area contributed by atoms with Crippen LogP contribution in [0, 0.1) is 5.92 Å². The Morgan fingerprint density at radius 3 is 2.82 bits per heavy atom. The number of halogens is 1. The Bertz CT molecular complexity index is 1030. The Kier molecular flexibility index (Phi) is 4.93. The van der Waals surface area contributed by atoms with Crippen molar-refractivity contribution >= 4 is 27.5 Å². The molecule has 7 heteroatoms. The molecule has 0 radical (unpaired) electrons. The third-order valence-electron chi connectivity index (χ3n) is 4.82. The monoisotopic (exact) mass is 440 g/mol. The molecule has 0 saturated heterocycles. The number of nitrogens with one attached hydrogen (secondary N) is 1. The number of carbonyl (C=O) groups excluding carboxylic acids is 1. The third-order valence-corrected chi connectivity index (χ3v) is 5.26. The lowest BCUT2D eigenvalue weighted by atomic mass is 9.96. The van der Waals surface area contributed by atoms with Gasteiger partial charge < -0.3 is 4.74 Å². The molecule has 28 heavy (non-hydrogen) atoms. The number of hydrogen-bond acceptors (Lipinski definition) is 4. The molecule has 1 aromatic carbocycles. The molecule has 0 bridgehead atoms. The predicted octanol–water partition coefficient (Wildman–Crippen LogP) is 4.52. The molecule has 3 heterocycles. The molecule has 144 valence electrons. The van der Waals surface area contributed by atoms with Crippen LogP contribution < -0.4 is 9.64 Å². The summed E-state index contributed by atoms with van der Waals surface area (Å²) < 4.78 is 6.23. The van der Waals surface area contributed by atoms with E-state index < -0.39 is 0 Å². The number of methoxy groups -OCH3 is 1. The summed E-state index contributed by atoms with van der Waals surface area (Å²) in [6, 6.07) is 9.24. The fraction of sp³-hybridized carbons (Fsp3) is 0.286. The maximum atomic E-state index is 13.3. The molecular weight excluding hydrogens is 420 g/mol. The van der Waals surface area contributed by atoms with Crippen molar-refractivity contribution in [3.05, 3.63) is 69.7 Å². The van der Waals surface area contributed by atoms with Gasteiger partial charge in [-0.25, -0.2) is 0 Å². The van der Waals surface area contributed by atoms with Crippen LogP contribution >= 0.6 is 15.9 Å². The van der Waals surface area contributed by atoms with Gasteiger partial charge in [-0.3, -0.25) is 19.8 Å². The van der Waals surface area contributed by atoms with E-state index in [1.54, 1.807) is 24.4 Å². The molecule has 6 nitrogen and oxygen atoms in total. The van der Waals surface area contributed by atoms with Crippen LogP contribution in [-0.4, -0.2) is 28.2 Å². The smallest absolute Gasteiger partial charge is 0.277 e. The Morgan fingerprint density at radius 1 is 1.29 bits per heavy atom. The number of H-pyrrole nitrogens is 1. The van der Waals surface area contributed by atoms with Gasteiger partial charge in [-0.1, -0.05) is 19.9 Å². The molecule has 2 aromatic heterocycles. The van der Waals surface area contributed by atoms with Gasteiger partial charge in [0, 0.05) is 34.2 Å². The van der Waals surface area contributed by atoms with Gasteiger partial charge in [-0.15, -0.1) is 0 Å². The van der Waals surface area contributed by atoms with E-state index in [0.717, 1.165) is 33.4 Å². The van der Waals surface area contributed by atoms with E-state index in [1.165, 1.54) is 0 Å². The zero-order valence-electron chi connectivity index (χ0n) is 15.9. The first-order valence-electron chi connectivity index (χ1n) is 9.14. The first-order valence-corrected chi connectivity index (χ1v) is 9.94. The molecule has 1 aliphatic rings. The Hall–Kier alpha value is -2.67. The van der Waals surface area contributed by atoms with Gasteiger partial charge >= 0.3 is 0 Å². The quantitative estimate of drug-likeness (QED) is 0.632. The fourth-order valence-corrected chi connectivity index (χ4v) is 4.06. The van der Waals surface area contributed by atoms with Gasteiger partial charge in [-0.05, 0) is 52.0 Å². The SMILES string of the molecule is COc1cccc(N2C(=O)c3[nH]nc(CC(C)C)c3C2c2cncc(Br)c2)c1. The molecular formula is C21H21BrN4O2. The number of anilines is 1. The highest BCUT2D eigenvalue weighted by Crippen LogP contribution is 2.43. The second-order valence-electron chi connectivity index (χ2n) is 7.27. The average molecular weight is 441 g/mol. The number of pyridine rings is 1. The average Bonchev–Trinajstić information content (AvgIpc) is 3.20. The number of ether oxygens (including phenoxy) is 1. The van der Waals surface area contributed by atoms with Gasteiger partial charge in [0.15, 0.2) is 0 Å². The summed E-state index contributed by atoms with van der Waals surface area (Å²) >= 11 is 3.50. The Labute approximate surface area is 172 Å². The van der Waals surface area contributed by atoms with Crippen molar-refractivity contribution in [1.82, 2.24) is 15.2 Å². The Balaban J connectivity index is 1.90. The minimum atomic E-state index is -0.299. The zero-order valence-corrected chi connectivity index (χ0v) is 17.5. The molecule has 0 saturated carbocycles. The number of amides is 1. The first-order chi connectivity index (χ1) is 13.5. The normalized spacial score (nSPS) is 16.0. The Morgan fingerprint density at radius 2 is 2.11 bits per heavy atom. The molecule has 4 rings (SSSR count). The molecule has 0 aliphatic carbocycles. The number of benzene rings is 1. The van der Waals surface area contributed by atoms with E-state index in [4.69, 9.17) is 4.74 Å². The highest BCUT2D eigenvalue weighted by Gasteiger charge is 2.43. The minimum Gasteiger partial charge on any atom is -0.497 e. The number of nitrogens with zero attached hydrogens (tertiary/aromatic N) is 3. The largest absolute Gasteiger partial charge is 0.497 e. The molecule has 1 unspecified atom stereocenters. The van der Waals surface area contributed by atoms with Crippen LogP contribution in [0.5, 0.6) is 5.75 Å². The summed E-state index contributed by atoms with van der Waals surface area (Å²) in [7, 11) is 1.62. The zero-order chi connectivity index (χ0) is 19.8. The number of fused-ring (bicyclic) bond motifs is 1. The fourth-order valence-electron chi connectivity index (χ4n) is 3.68.